The normalized spacial score (nSPS) is 20.5. The number of carbonyl (C=O) groups is 1. The van der Waals surface area contributed by atoms with Gasteiger partial charge in [-0.1, -0.05) is 30.3 Å². The van der Waals surface area contributed by atoms with Crippen LogP contribution >= 0.6 is 0 Å². The minimum atomic E-state index is 0.0916. The highest BCUT2D eigenvalue weighted by molar-refractivity contribution is 5.94. The van der Waals surface area contributed by atoms with Gasteiger partial charge in [0.2, 0.25) is 0 Å². The van der Waals surface area contributed by atoms with Gasteiger partial charge in [0.1, 0.15) is 5.82 Å². The molecule has 4 rings (SSSR count). The van der Waals surface area contributed by atoms with E-state index in [1.54, 1.807) is 6.20 Å². The van der Waals surface area contributed by atoms with E-state index in [0.717, 1.165) is 25.3 Å². The van der Waals surface area contributed by atoms with Gasteiger partial charge in [-0.3, -0.25) is 4.79 Å². The highest BCUT2D eigenvalue weighted by atomic mass is 16.2. The molecule has 1 saturated heterocycles. The number of pyridine rings is 1. The number of aromatic nitrogens is 1. The fraction of sp³-hybridized carbons (Fsp3) is 0.368. The number of nitrogens with zero attached hydrogens (tertiary/aromatic N) is 2. The van der Waals surface area contributed by atoms with E-state index < -0.39 is 0 Å². The molecule has 0 bridgehead atoms. The Labute approximate surface area is 136 Å². The molecule has 1 N–H and O–H groups in total. The Morgan fingerprint density at radius 1 is 1.09 bits per heavy atom. The summed E-state index contributed by atoms with van der Waals surface area (Å²) >= 11 is 0. The second-order valence-corrected chi connectivity index (χ2v) is 6.50. The molecule has 2 aliphatic rings. The number of hydrogen-bond acceptors (Lipinski definition) is 3. The van der Waals surface area contributed by atoms with Gasteiger partial charge in [0.05, 0.1) is 5.56 Å². The predicted molar refractivity (Wildman–Crippen MR) is 90.6 cm³/mol. The van der Waals surface area contributed by atoms with Crippen LogP contribution in [0.2, 0.25) is 0 Å². The summed E-state index contributed by atoms with van der Waals surface area (Å²) in [5, 5.41) is 3.34. The van der Waals surface area contributed by atoms with Gasteiger partial charge in [-0.15, -0.1) is 0 Å². The highest BCUT2D eigenvalue weighted by Crippen LogP contribution is 2.28. The van der Waals surface area contributed by atoms with Gasteiger partial charge in [-0.2, -0.15) is 0 Å². The van der Waals surface area contributed by atoms with Gasteiger partial charge in [0.15, 0.2) is 0 Å². The van der Waals surface area contributed by atoms with E-state index in [-0.39, 0.29) is 5.91 Å². The summed E-state index contributed by atoms with van der Waals surface area (Å²) in [5.74, 6) is 1.41. The fourth-order valence-electron chi connectivity index (χ4n) is 3.17. The summed E-state index contributed by atoms with van der Waals surface area (Å²) in [6.45, 7) is 1.62. The molecule has 23 heavy (non-hydrogen) atoms. The van der Waals surface area contributed by atoms with Crippen molar-refractivity contribution in [3.8, 4) is 0 Å². The maximum absolute atomic E-state index is 12.6. The van der Waals surface area contributed by atoms with E-state index in [1.165, 1.54) is 18.4 Å². The summed E-state index contributed by atoms with van der Waals surface area (Å²) in [7, 11) is 0. The number of carbonyl (C=O) groups excluding carboxylic acids is 1. The molecule has 1 aromatic heterocycles. The molecule has 0 unspecified atom stereocenters. The predicted octanol–water partition coefficient (Wildman–Crippen LogP) is 3.29. The zero-order valence-electron chi connectivity index (χ0n) is 13.1. The lowest BCUT2D eigenvalue weighted by atomic mass is 9.99. The topological polar surface area (TPSA) is 45.2 Å². The second kappa shape index (κ2) is 6.03. The van der Waals surface area contributed by atoms with Crippen molar-refractivity contribution in [1.82, 2.24) is 9.88 Å². The zero-order valence-corrected chi connectivity index (χ0v) is 13.1. The van der Waals surface area contributed by atoms with E-state index in [1.807, 2.05) is 23.1 Å². The van der Waals surface area contributed by atoms with Crippen LogP contribution in [-0.4, -0.2) is 34.9 Å². The van der Waals surface area contributed by atoms with Crippen molar-refractivity contribution < 1.29 is 4.79 Å². The Bertz CT molecular complexity index is 680. The highest BCUT2D eigenvalue weighted by Gasteiger charge is 2.28. The van der Waals surface area contributed by atoms with Crippen molar-refractivity contribution in [3.63, 3.8) is 0 Å². The average Bonchev–Trinajstić information content (AvgIpc) is 3.27. The third-order valence-corrected chi connectivity index (χ3v) is 4.69. The minimum absolute atomic E-state index is 0.0916. The molecule has 1 saturated carbocycles. The van der Waals surface area contributed by atoms with E-state index in [4.69, 9.17) is 0 Å². The third kappa shape index (κ3) is 3.21. The number of hydrogen-bond donors (Lipinski definition) is 1. The summed E-state index contributed by atoms with van der Waals surface area (Å²) in [6.07, 6.45) is 5.17. The van der Waals surface area contributed by atoms with Gasteiger partial charge >= 0.3 is 0 Å². The molecule has 2 aromatic rings. The molecule has 1 atom stereocenters. The Kier molecular flexibility index (Phi) is 3.74. The summed E-state index contributed by atoms with van der Waals surface area (Å²) < 4.78 is 0. The van der Waals surface area contributed by atoms with E-state index in [2.05, 4.69) is 34.6 Å². The lowest BCUT2D eigenvalue weighted by Crippen LogP contribution is -2.28. The molecule has 4 heteroatoms. The third-order valence-electron chi connectivity index (χ3n) is 4.69. The molecular formula is C19H21N3O. The maximum Gasteiger partial charge on any atom is 0.255 e. The molecular weight excluding hydrogens is 286 g/mol. The Balaban J connectivity index is 1.41. The van der Waals surface area contributed by atoms with Gasteiger partial charge in [0, 0.05) is 31.2 Å². The Morgan fingerprint density at radius 3 is 2.61 bits per heavy atom. The van der Waals surface area contributed by atoms with Gasteiger partial charge in [-0.25, -0.2) is 4.98 Å². The van der Waals surface area contributed by atoms with Gasteiger partial charge < -0.3 is 10.2 Å². The molecule has 1 aliphatic heterocycles. The number of nitrogens with one attached hydrogen (secondary N) is 1. The van der Waals surface area contributed by atoms with Crippen LogP contribution in [0.15, 0.2) is 48.7 Å². The van der Waals surface area contributed by atoms with Crippen molar-refractivity contribution in [3.05, 3.63) is 59.8 Å². The van der Waals surface area contributed by atoms with E-state index >= 15 is 0 Å². The monoisotopic (exact) mass is 307 g/mol. The molecule has 0 radical (unpaired) electrons. The molecule has 118 valence electrons. The second-order valence-electron chi connectivity index (χ2n) is 6.50. The van der Waals surface area contributed by atoms with Crippen LogP contribution < -0.4 is 5.32 Å². The molecule has 2 fully saturated rings. The van der Waals surface area contributed by atoms with Crippen LogP contribution in [0, 0.1) is 0 Å². The number of amides is 1. The SMILES string of the molecule is O=C(c1ccc(NC2CC2)nc1)N1CC[C@@H](c2ccccc2)C1. The van der Waals surface area contributed by atoms with E-state index in [9.17, 15) is 4.79 Å². The number of rotatable bonds is 4. The van der Waals surface area contributed by atoms with Gasteiger partial charge in [0.25, 0.3) is 5.91 Å². The molecule has 1 aliphatic carbocycles. The molecule has 4 nitrogen and oxygen atoms in total. The summed E-state index contributed by atoms with van der Waals surface area (Å²) in [4.78, 5) is 19.0. The first-order chi connectivity index (χ1) is 11.3. The van der Waals surface area contributed by atoms with Crippen LogP contribution in [0.5, 0.6) is 0 Å². The number of anilines is 1. The van der Waals surface area contributed by atoms with Gasteiger partial charge in [-0.05, 0) is 37.0 Å². The van der Waals surface area contributed by atoms with Crippen LogP contribution in [0.4, 0.5) is 5.82 Å². The number of likely N-dealkylation sites (tertiary alicyclic amines) is 1. The molecule has 1 amide bonds. The van der Waals surface area contributed by atoms with Crippen molar-refractivity contribution in [2.45, 2.75) is 31.2 Å². The Hall–Kier alpha value is -2.36. The van der Waals surface area contributed by atoms with Crippen LogP contribution in [-0.2, 0) is 0 Å². The first kappa shape index (κ1) is 14.2. The van der Waals surface area contributed by atoms with Crippen molar-refractivity contribution in [1.29, 1.82) is 0 Å². The smallest absolute Gasteiger partial charge is 0.255 e. The quantitative estimate of drug-likeness (QED) is 0.943. The van der Waals surface area contributed by atoms with Crippen LogP contribution in [0.1, 0.15) is 41.1 Å². The van der Waals surface area contributed by atoms with Crippen molar-refractivity contribution in [2.75, 3.05) is 18.4 Å². The van der Waals surface area contributed by atoms with Crippen molar-refractivity contribution >= 4 is 11.7 Å². The average molecular weight is 307 g/mol. The van der Waals surface area contributed by atoms with E-state index in [0.29, 0.717) is 17.5 Å². The molecule has 2 heterocycles. The Morgan fingerprint density at radius 2 is 1.91 bits per heavy atom. The van der Waals surface area contributed by atoms with Crippen molar-refractivity contribution in [2.24, 2.45) is 0 Å². The largest absolute Gasteiger partial charge is 0.367 e. The molecule has 0 spiro atoms. The first-order valence-corrected chi connectivity index (χ1v) is 8.36. The zero-order chi connectivity index (χ0) is 15.6. The minimum Gasteiger partial charge on any atom is -0.367 e. The lowest BCUT2D eigenvalue weighted by Gasteiger charge is -2.17. The molecule has 1 aromatic carbocycles. The summed E-state index contributed by atoms with van der Waals surface area (Å²) in [6, 6.07) is 14.8. The van der Waals surface area contributed by atoms with Crippen LogP contribution in [0.3, 0.4) is 0 Å². The van der Waals surface area contributed by atoms with Crippen LogP contribution in [0.25, 0.3) is 0 Å². The first-order valence-electron chi connectivity index (χ1n) is 8.36. The standard InChI is InChI=1S/C19H21N3O/c23-19(15-6-9-18(20-12-15)21-17-7-8-17)22-11-10-16(13-22)14-4-2-1-3-5-14/h1-6,9,12,16-17H,7-8,10-11,13H2,(H,20,21)/t16-/m1/s1. The summed E-state index contributed by atoms with van der Waals surface area (Å²) in [5.41, 5.74) is 2.00. The lowest BCUT2D eigenvalue weighted by molar-refractivity contribution is 0.0790. The number of benzene rings is 1. The fourth-order valence-corrected chi connectivity index (χ4v) is 3.17. The maximum atomic E-state index is 12.6.